The van der Waals surface area contributed by atoms with E-state index < -0.39 is 0 Å². The molecule has 1 saturated heterocycles. The van der Waals surface area contributed by atoms with Crippen LogP contribution in [0.2, 0.25) is 0 Å². The topological polar surface area (TPSA) is 60.0 Å². The van der Waals surface area contributed by atoms with E-state index in [4.69, 9.17) is 14.2 Å². The molecule has 2 aromatic rings. The molecule has 30 heavy (non-hydrogen) atoms. The summed E-state index contributed by atoms with van der Waals surface area (Å²) in [6.45, 7) is 3.27. The number of methoxy groups -OCH3 is 3. The van der Waals surface area contributed by atoms with Crippen molar-refractivity contribution in [3.63, 3.8) is 0 Å². The average Bonchev–Trinajstić information content (AvgIpc) is 2.79. The first-order valence-electron chi connectivity index (χ1n) is 10.5. The molecule has 1 N–H and O–H groups in total. The predicted molar refractivity (Wildman–Crippen MR) is 117 cm³/mol. The second kappa shape index (κ2) is 10.9. The first-order chi connectivity index (χ1) is 14.6. The molecule has 1 amide bonds. The lowest BCUT2D eigenvalue weighted by Gasteiger charge is -2.32. The van der Waals surface area contributed by atoms with E-state index in [1.54, 1.807) is 21.3 Å². The standard InChI is InChI=1S/C24H32N2O4/c1-28-20-14-22(29-2)21(23(15-20)30-3)11-12-25-24(27)19-10-7-13-26(17-19)16-18-8-5-4-6-9-18/h4-6,8-9,14-15,19H,7,10-13,16-17H2,1-3H3,(H,25,27). The van der Waals surface area contributed by atoms with E-state index in [2.05, 4.69) is 34.5 Å². The van der Waals surface area contributed by atoms with Crippen molar-refractivity contribution in [3.8, 4) is 17.2 Å². The number of nitrogens with zero attached hydrogens (tertiary/aromatic N) is 1. The van der Waals surface area contributed by atoms with E-state index in [0.29, 0.717) is 30.2 Å². The van der Waals surface area contributed by atoms with E-state index in [0.717, 1.165) is 38.0 Å². The molecule has 1 atom stereocenters. The third kappa shape index (κ3) is 5.66. The van der Waals surface area contributed by atoms with Gasteiger partial charge < -0.3 is 19.5 Å². The van der Waals surface area contributed by atoms with Crippen LogP contribution in [0.25, 0.3) is 0 Å². The molecule has 6 nitrogen and oxygen atoms in total. The molecular weight excluding hydrogens is 380 g/mol. The van der Waals surface area contributed by atoms with Gasteiger partial charge in [0, 0.05) is 37.3 Å². The maximum Gasteiger partial charge on any atom is 0.224 e. The lowest BCUT2D eigenvalue weighted by molar-refractivity contribution is -0.126. The Hall–Kier alpha value is -2.73. The summed E-state index contributed by atoms with van der Waals surface area (Å²) in [6, 6.07) is 14.1. The third-order valence-corrected chi connectivity index (χ3v) is 5.62. The smallest absolute Gasteiger partial charge is 0.224 e. The number of carbonyl (C=O) groups is 1. The average molecular weight is 413 g/mol. The van der Waals surface area contributed by atoms with Gasteiger partial charge in [-0.3, -0.25) is 9.69 Å². The van der Waals surface area contributed by atoms with Crippen LogP contribution < -0.4 is 19.5 Å². The minimum atomic E-state index is 0.0297. The van der Waals surface area contributed by atoms with Gasteiger partial charge in [0.2, 0.25) is 5.91 Å². The third-order valence-electron chi connectivity index (χ3n) is 5.62. The van der Waals surface area contributed by atoms with Crippen LogP contribution in [-0.2, 0) is 17.8 Å². The minimum absolute atomic E-state index is 0.0297. The number of hydrogen-bond donors (Lipinski definition) is 1. The number of likely N-dealkylation sites (tertiary alicyclic amines) is 1. The SMILES string of the molecule is COc1cc(OC)c(CCNC(=O)C2CCCN(Cc3ccccc3)C2)c(OC)c1. The molecular formula is C24H32N2O4. The molecule has 162 valence electrons. The second-order valence-electron chi connectivity index (χ2n) is 7.61. The highest BCUT2D eigenvalue weighted by atomic mass is 16.5. The van der Waals surface area contributed by atoms with E-state index >= 15 is 0 Å². The molecule has 2 aromatic carbocycles. The highest BCUT2D eigenvalue weighted by molar-refractivity contribution is 5.79. The van der Waals surface area contributed by atoms with E-state index in [1.165, 1.54) is 5.56 Å². The molecule has 0 spiro atoms. The van der Waals surface area contributed by atoms with Crippen molar-refractivity contribution in [2.24, 2.45) is 5.92 Å². The normalized spacial score (nSPS) is 16.7. The summed E-state index contributed by atoms with van der Waals surface area (Å²) in [4.78, 5) is 15.1. The van der Waals surface area contributed by atoms with Crippen molar-refractivity contribution < 1.29 is 19.0 Å². The molecule has 1 fully saturated rings. The highest BCUT2D eigenvalue weighted by Gasteiger charge is 2.25. The monoisotopic (exact) mass is 412 g/mol. The molecule has 0 aliphatic carbocycles. The zero-order valence-corrected chi connectivity index (χ0v) is 18.1. The number of carbonyl (C=O) groups excluding carboxylic acids is 1. The number of nitrogens with one attached hydrogen (secondary N) is 1. The Bertz CT molecular complexity index is 800. The predicted octanol–water partition coefficient (Wildman–Crippen LogP) is 3.28. The van der Waals surface area contributed by atoms with Crippen molar-refractivity contribution in [2.45, 2.75) is 25.8 Å². The van der Waals surface area contributed by atoms with E-state index in [1.807, 2.05) is 18.2 Å². The van der Waals surface area contributed by atoms with Crippen molar-refractivity contribution >= 4 is 5.91 Å². The molecule has 0 bridgehead atoms. The van der Waals surface area contributed by atoms with Crippen LogP contribution in [0.1, 0.15) is 24.0 Å². The lowest BCUT2D eigenvalue weighted by Crippen LogP contribution is -2.43. The van der Waals surface area contributed by atoms with Gasteiger partial charge in [0.15, 0.2) is 0 Å². The quantitative estimate of drug-likeness (QED) is 0.685. The van der Waals surface area contributed by atoms with Gasteiger partial charge in [-0.25, -0.2) is 0 Å². The number of hydrogen-bond acceptors (Lipinski definition) is 5. The summed E-state index contributed by atoms with van der Waals surface area (Å²) in [5, 5.41) is 3.11. The Labute approximate surface area is 179 Å². The Morgan fingerprint density at radius 1 is 1.07 bits per heavy atom. The Kier molecular flexibility index (Phi) is 7.97. The van der Waals surface area contributed by atoms with Crippen molar-refractivity contribution in [2.75, 3.05) is 41.0 Å². The summed E-state index contributed by atoms with van der Waals surface area (Å²) in [7, 11) is 4.86. The van der Waals surface area contributed by atoms with Crippen molar-refractivity contribution in [1.82, 2.24) is 10.2 Å². The maximum absolute atomic E-state index is 12.8. The fraction of sp³-hybridized carbons (Fsp3) is 0.458. The summed E-state index contributed by atoms with van der Waals surface area (Å²) in [6.07, 6.45) is 2.61. The molecule has 6 heteroatoms. The van der Waals surface area contributed by atoms with Gasteiger partial charge in [0.1, 0.15) is 17.2 Å². The lowest BCUT2D eigenvalue weighted by atomic mass is 9.96. The van der Waals surface area contributed by atoms with Crippen LogP contribution in [0.4, 0.5) is 0 Å². The molecule has 1 aliphatic heterocycles. The van der Waals surface area contributed by atoms with Gasteiger partial charge in [-0.15, -0.1) is 0 Å². The number of piperidine rings is 1. The fourth-order valence-electron chi connectivity index (χ4n) is 4.03. The summed E-state index contributed by atoms with van der Waals surface area (Å²) in [5.41, 5.74) is 2.22. The molecule has 0 saturated carbocycles. The number of rotatable bonds is 9. The first kappa shape index (κ1) is 22.0. The van der Waals surface area contributed by atoms with Gasteiger partial charge >= 0.3 is 0 Å². The first-order valence-corrected chi connectivity index (χ1v) is 10.5. The van der Waals surface area contributed by atoms with Gasteiger partial charge in [-0.1, -0.05) is 30.3 Å². The van der Waals surface area contributed by atoms with E-state index in [9.17, 15) is 4.79 Å². The van der Waals surface area contributed by atoms with Crippen LogP contribution in [0.15, 0.2) is 42.5 Å². The molecule has 3 rings (SSSR count). The Morgan fingerprint density at radius 3 is 2.40 bits per heavy atom. The second-order valence-corrected chi connectivity index (χ2v) is 7.61. The van der Waals surface area contributed by atoms with Gasteiger partial charge in [0.05, 0.1) is 27.2 Å². The zero-order valence-electron chi connectivity index (χ0n) is 18.1. The Morgan fingerprint density at radius 2 is 1.77 bits per heavy atom. The van der Waals surface area contributed by atoms with Gasteiger partial charge in [-0.05, 0) is 31.4 Å². The molecule has 1 unspecified atom stereocenters. The minimum Gasteiger partial charge on any atom is -0.496 e. The summed E-state index contributed by atoms with van der Waals surface area (Å²) in [5.74, 6) is 2.23. The van der Waals surface area contributed by atoms with Crippen LogP contribution >= 0.6 is 0 Å². The van der Waals surface area contributed by atoms with Gasteiger partial charge in [0.25, 0.3) is 0 Å². The van der Waals surface area contributed by atoms with Gasteiger partial charge in [-0.2, -0.15) is 0 Å². The summed E-state index contributed by atoms with van der Waals surface area (Å²) < 4.78 is 16.3. The molecule has 0 radical (unpaired) electrons. The molecule has 0 aromatic heterocycles. The number of amides is 1. The fourth-order valence-corrected chi connectivity index (χ4v) is 4.03. The number of ether oxygens (including phenoxy) is 3. The van der Waals surface area contributed by atoms with Crippen molar-refractivity contribution in [1.29, 1.82) is 0 Å². The van der Waals surface area contributed by atoms with Crippen LogP contribution in [0.3, 0.4) is 0 Å². The Balaban J connectivity index is 1.54. The van der Waals surface area contributed by atoms with Crippen LogP contribution in [0, 0.1) is 5.92 Å². The van der Waals surface area contributed by atoms with Crippen LogP contribution in [-0.4, -0.2) is 51.8 Å². The van der Waals surface area contributed by atoms with Crippen molar-refractivity contribution in [3.05, 3.63) is 53.6 Å². The van der Waals surface area contributed by atoms with Crippen LogP contribution in [0.5, 0.6) is 17.2 Å². The zero-order chi connectivity index (χ0) is 21.3. The number of benzene rings is 2. The van der Waals surface area contributed by atoms with E-state index in [-0.39, 0.29) is 11.8 Å². The molecule has 1 heterocycles. The maximum atomic E-state index is 12.8. The largest absolute Gasteiger partial charge is 0.496 e. The summed E-state index contributed by atoms with van der Waals surface area (Å²) >= 11 is 0. The molecule has 1 aliphatic rings. The highest BCUT2D eigenvalue weighted by Crippen LogP contribution is 2.34.